The first-order valence-corrected chi connectivity index (χ1v) is 7.75. The second-order valence-corrected chi connectivity index (χ2v) is 6.08. The first-order valence-electron chi connectivity index (χ1n) is 6.70. The lowest BCUT2D eigenvalue weighted by atomic mass is 10.2. The van der Waals surface area contributed by atoms with Crippen LogP contribution in [-0.2, 0) is 0 Å². The molecule has 1 aliphatic rings. The molecule has 6 heteroatoms. The van der Waals surface area contributed by atoms with Crippen LogP contribution in [0.25, 0.3) is 5.82 Å². The van der Waals surface area contributed by atoms with Gasteiger partial charge in [0.05, 0.1) is 0 Å². The zero-order chi connectivity index (χ0) is 13.8. The highest BCUT2D eigenvalue weighted by atomic mass is 32.2. The van der Waals surface area contributed by atoms with Gasteiger partial charge in [0.2, 0.25) is 0 Å². The minimum absolute atomic E-state index is 0.119. The summed E-state index contributed by atoms with van der Waals surface area (Å²) in [5.74, 6) is 1.73. The highest BCUT2D eigenvalue weighted by molar-refractivity contribution is 8.00. The maximum atomic E-state index is 12.1. The molecule has 0 radical (unpaired) electrons. The minimum atomic E-state index is -0.119. The maximum absolute atomic E-state index is 12.1. The molecule has 1 atom stereocenters. The molecule has 2 aromatic heterocycles. The number of hydrogen-bond acceptors (Lipinski definition) is 4. The zero-order valence-corrected chi connectivity index (χ0v) is 11.8. The smallest absolute Gasteiger partial charge is 0.270 e. The van der Waals surface area contributed by atoms with E-state index < -0.39 is 0 Å². The van der Waals surface area contributed by atoms with E-state index in [1.54, 1.807) is 23.1 Å². The molecule has 1 N–H and O–H groups in total. The Morgan fingerprint density at radius 1 is 1.45 bits per heavy atom. The Labute approximate surface area is 121 Å². The molecule has 2 aromatic rings. The van der Waals surface area contributed by atoms with Crippen LogP contribution < -0.4 is 5.32 Å². The van der Waals surface area contributed by atoms with Crippen molar-refractivity contribution in [2.24, 2.45) is 0 Å². The summed E-state index contributed by atoms with van der Waals surface area (Å²) in [6, 6.07) is 7.20. The third-order valence-corrected chi connectivity index (χ3v) is 4.62. The van der Waals surface area contributed by atoms with Crippen molar-refractivity contribution in [2.45, 2.75) is 18.1 Å². The number of pyridine rings is 1. The predicted molar refractivity (Wildman–Crippen MR) is 79.2 cm³/mol. The molecule has 3 rings (SSSR count). The number of carbonyl (C=O) groups is 1. The topological polar surface area (TPSA) is 59.8 Å². The van der Waals surface area contributed by atoms with Crippen LogP contribution in [0.15, 0.2) is 36.7 Å². The van der Waals surface area contributed by atoms with Gasteiger partial charge in [-0.05, 0) is 36.8 Å². The molecule has 1 aliphatic heterocycles. The Morgan fingerprint density at radius 2 is 2.40 bits per heavy atom. The first kappa shape index (κ1) is 13.2. The summed E-state index contributed by atoms with van der Waals surface area (Å²) >= 11 is 1.93. The number of rotatable bonds is 4. The number of nitrogens with one attached hydrogen (secondary N) is 1. The van der Waals surface area contributed by atoms with Gasteiger partial charge in [0.1, 0.15) is 5.69 Å². The van der Waals surface area contributed by atoms with Gasteiger partial charge in [-0.2, -0.15) is 16.9 Å². The van der Waals surface area contributed by atoms with E-state index in [1.165, 1.54) is 18.6 Å². The molecule has 5 nitrogen and oxygen atoms in total. The van der Waals surface area contributed by atoms with Gasteiger partial charge in [0.25, 0.3) is 5.91 Å². The Bertz CT molecular complexity index is 579. The van der Waals surface area contributed by atoms with Crippen molar-refractivity contribution in [1.29, 1.82) is 0 Å². The van der Waals surface area contributed by atoms with E-state index in [1.807, 2.05) is 30.0 Å². The molecule has 1 saturated heterocycles. The summed E-state index contributed by atoms with van der Waals surface area (Å²) in [4.78, 5) is 16.5. The Hall–Kier alpha value is -1.82. The quantitative estimate of drug-likeness (QED) is 0.933. The van der Waals surface area contributed by atoms with Gasteiger partial charge >= 0.3 is 0 Å². The van der Waals surface area contributed by atoms with E-state index >= 15 is 0 Å². The summed E-state index contributed by atoms with van der Waals surface area (Å²) < 4.78 is 1.64. The van der Waals surface area contributed by atoms with Gasteiger partial charge in [-0.1, -0.05) is 6.07 Å². The Kier molecular flexibility index (Phi) is 4.01. The van der Waals surface area contributed by atoms with Crippen LogP contribution in [0.2, 0.25) is 0 Å². The van der Waals surface area contributed by atoms with Crippen molar-refractivity contribution in [3.05, 3.63) is 42.4 Å². The normalized spacial score (nSPS) is 18.1. The molecule has 1 unspecified atom stereocenters. The summed E-state index contributed by atoms with van der Waals surface area (Å²) in [7, 11) is 0. The molecule has 20 heavy (non-hydrogen) atoms. The fraction of sp³-hybridized carbons (Fsp3) is 0.357. The molecular weight excluding hydrogens is 272 g/mol. The van der Waals surface area contributed by atoms with Gasteiger partial charge in [0, 0.05) is 24.2 Å². The number of thioether (sulfide) groups is 1. The van der Waals surface area contributed by atoms with Gasteiger partial charge in [-0.15, -0.1) is 0 Å². The highest BCUT2D eigenvalue weighted by Crippen LogP contribution is 2.25. The number of nitrogens with zero attached hydrogens (tertiary/aromatic N) is 3. The van der Waals surface area contributed by atoms with Gasteiger partial charge in [0.15, 0.2) is 5.82 Å². The van der Waals surface area contributed by atoms with E-state index in [9.17, 15) is 4.79 Å². The summed E-state index contributed by atoms with van der Waals surface area (Å²) in [5, 5.41) is 7.63. The molecule has 0 aliphatic carbocycles. The fourth-order valence-corrected chi connectivity index (χ4v) is 3.39. The third-order valence-electron chi connectivity index (χ3n) is 3.22. The van der Waals surface area contributed by atoms with E-state index in [0.29, 0.717) is 16.8 Å². The molecule has 104 valence electrons. The minimum Gasteiger partial charge on any atom is -0.350 e. The lowest BCUT2D eigenvalue weighted by molar-refractivity contribution is 0.0948. The highest BCUT2D eigenvalue weighted by Gasteiger charge is 2.17. The molecule has 0 saturated carbocycles. The first-order chi connectivity index (χ1) is 9.83. The molecule has 1 fully saturated rings. The van der Waals surface area contributed by atoms with Gasteiger partial charge in [-0.3, -0.25) is 4.79 Å². The average molecular weight is 288 g/mol. The number of carbonyl (C=O) groups excluding carboxylic acids is 1. The number of amides is 1. The largest absolute Gasteiger partial charge is 0.350 e. The molecule has 0 spiro atoms. The van der Waals surface area contributed by atoms with E-state index in [-0.39, 0.29) is 5.91 Å². The summed E-state index contributed by atoms with van der Waals surface area (Å²) in [5.41, 5.74) is 0.431. The van der Waals surface area contributed by atoms with Crippen LogP contribution in [0.4, 0.5) is 0 Å². The van der Waals surface area contributed by atoms with Crippen molar-refractivity contribution in [2.75, 3.05) is 12.3 Å². The lowest BCUT2D eigenvalue weighted by Gasteiger charge is -2.10. The zero-order valence-electron chi connectivity index (χ0n) is 11.0. The molecule has 3 heterocycles. The standard InChI is InChI=1S/C14H16N4OS/c19-14(15-10-11-4-2-9-20-11)12-5-1-6-13(17-12)18-8-3-7-16-18/h1,3,5-8,11H,2,4,9-10H2,(H,15,19). The fourth-order valence-electron chi connectivity index (χ4n) is 2.18. The van der Waals surface area contributed by atoms with Crippen LogP contribution in [0.1, 0.15) is 23.3 Å². The second kappa shape index (κ2) is 6.09. The molecular formula is C14H16N4OS. The summed E-state index contributed by atoms with van der Waals surface area (Å²) in [6.45, 7) is 0.719. The van der Waals surface area contributed by atoms with Crippen molar-refractivity contribution in [3.8, 4) is 5.82 Å². The van der Waals surface area contributed by atoms with Gasteiger partial charge in [-0.25, -0.2) is 9.67 Å². The van der Waals surface area contributed by atoms with Crippen LogP contribution in [0, 0.1) is 0 Å². The van der Waals surface area contributed by atoms with E-state index in [4.69, 9.17) is 0 Å². The van der Waals surface area contributed by atoms with Crippen LogP contribution in [0.3, 0.4) is 0 Å². The van der Waals surface area contributed by atoms with Crippen molar-refractivity contribution in [3.63, 3.8) is 0 Å². The molecule has 0 aromatic carbocycles. The predicted octanol–water partition coefficient (Wildman–Crippen LogP) is 1.89. The number of hydrogen-bond donors (Lipinski definition) is 1. The van der Waals surface area contributed by atoms with Crippen LogP contribution in [0.5, 0.6) is 0 Å². The van der Waals surface area contributed by atoms with Crippen molar-refractivity contribution < 1.29 is 4.79 Å². The second-order valence-electron chi connectivity index (χ2n) is 4.68. The molecule has 1 amide bonds. The van der Waals surface area contributed by atoms with Crippen molar-refractivity contribution in [1.82, 2.24) is 20.1 Å². The third kappa shape index (κ3) is 3.01. The summed E-state index contributed by atoms with van der Waals surface area (Å²) in [6.07, 6.45) is 5.93. The van der Waals surface area contributed by atoms with Crippen LogP contribution >= 0.6 is 11.8 Å². The molecule has 0 bridgehead atoms. The van der Waals surface area contributed by atoms with Crippen LogP contribution in [-0.4, -0.2) is 38.2 Å². The van der Waals surface area contributed by atoms with Crippen molar-refractivity contribution >= 4 is 17.7 Å². The Morgan fingerprint density at radius 3 is 3.15 bits per heavy atom. The lowest BCUT2D eigenvalue weighted by Crippen LogP contribution is -2.30. The number of aromatic nitrogens is 3. The average Bonchev–Trinajstić information content (AvgIpc) is 3.18. The van der Waals surface area contributed by atoms with Gasteiger partial charge < -0.3 is 5.32 Å². The Balaban J connectivity index is 1.66. The monoisotopic (exact) mass is 288 g/mol. The maximum Gasteiger partial charge on any atom is 0.270 e. The van der Waals surface area contributed by atoms with E-state index in [0.717, 1.165) is 6.54 Å². The SMILES string of the molecule is O=C(NCC1CCCS1)c1cccc(-n2cccn2)n1. The van der Waals surface area contributed by atoms with E-state index in [2.05, 4.69) is 15.4 Å².